The lowest BCUT2D eigenvalue weighted by Gasteiger charge is -2.59. The molecule has 0 unspecified atom stereocenters. The lowest BCUT2D eigenvalue weighted by atomic mass is 9.46. The molecule has 0 amide bonds. The molecule has 3 saturated carbocycles. The van der Waals surface area contributed by atoms with Crippen molar-refractivity contribution < 1.29 is 29.3 Å². The number of fused-ring (bicyclic) bond motifs is 7. The normalized spacial score (nSPS) is 51.6. The Bertz CT molecular complexity index is 847. The molecule has 0 aromatic carbocycles. The molecule has 4 fully saturated rings. The van der Waals surface area contributed by atoms with E-state index in [2.05, 4.69) is 6.92 Å². The number of allylic oxidation sites excluding steroid dienone is 4. The number of carboxylic acid groups (broad SMARTS) is 1. The van der Waals surface area contributed by atoms with E-state index in [1.807, 2.05) is 19.9 Å². The van der Waals surface area contributed by atoms with Crippen LogP contribution in [-0.2, 0) is 19.1 Å². The van der Waals surface area contributed by atoms with Gasteiger partial charge in [-0.25, -0.2) is 4.79 Å². The zero-order valence-corrected chi connectivity index (χ0v) is 18.0. The Morgan fingerprint density at radius 2 is 2.10 bits per heavy atom. The van der Waals surface area contributed by atoms with Crippen LogP contribution in [0.2, 0.25) is 0 Å². The van der Waals surface area contributed by atoms with E-state index in [9.17, 15) is 19.8 Å². The predicted molar refractivity (Wildman–Crippen MR) is 108 cm³/mol. The van der Waals surface area contributed by atoms with Crippen LogP contribution < -0.4 is 0 Å². The summed E-state index contributed by atoms with van der Waals surface area (Å²) in [5.74, 6) is -0.722. The largest absolute Gasteiger partial charge is 0.479 e. The molecule has 164 valence electrons. The zero-order valence-electron chi connectivity index (χ0n) is 18.0. The summed E-state index contributed by atoms with van der Waals surface area (Å²) in [6.07, 6.45) is 7.90. The van der Waals surface area contributed by atoms with Crippen LogP contribution >= 0.6 is 0 Å². The lowest BCUT2D eigenvalue weighted by Crippen LogP contribution is -2.63. The van der Waals surface area contributed by atoms with Gasteiger partial charge in [-0.1, -0.05) is 38.8 Å². The molecule has 5 aliphatic rings. The predicted octanol–water partition coefficient (Wildman–Crippen LogP) is 3.24. The molecule has 6 heteroatoms. The van der Waals surface area contributed by atoms with Gasteiger partial charge in [0.1, 0.15) is 6.10 Å². The van der Waals surface area contributed by atoms with Crippen molar-refractivity contribution in [3.63, 3.8) is 0 Å². The van der Waals surface area contributed by atoms with Gasteiger partial charge in [0.15, 0.2) is 17.7 Å². The molecule has 1 saturated heterocycles. The second-order valence-corrected chi connectivity index (χ2v) is 10.4. The van der Waals surface area contributed by atoms with Gasteiger partial charge < -0.3 is 19.7 Å². The fourth-order valence-corrected chi connectivity index (χ4v) is 7.87. The summed E-state index contributed by atoms with van der Waals surface area (Å²) in [6, 6.07) is 0. The number of carbonyl (C=O) groups excluding carboxylic acids is 1. The van der Waals surface area contributed by atoms with Crippen molar-refractivity contribution in [2.24, 2.45) is 28.6 Å². The number of aliphatic carboxylic acids is 1. The topological polar surface area (TPSA) is 93.1 Å². The number of rotatable bonds is 3. The van der Waals surface area contributed by atoms with Crippen LogP contribution in [0.4, 0.5) is 0 Å². The molecule has 4 aliphatic carbocycles. The fraction of sp³-hybridized carbons (Fsp3) is 0.750. The molecule has 1 heterocycles. The average Bonchev–Trinajstić information content (AvgIpc) is 3.15. The van der Waals surface area contributed by atoms with Crippen LogP contribution in [-0.4, -0.2) is 46.1 Å². The minimum absolute atomic E-state index is 0.0139. The van der Waals surface area contributed by atoms with Gasteiger partial charge in [-0.05, 0) is 56.1 Å². The Balaban J connectivity index is 1.55. The highest BCUT2D eigenvalue weighted by Gasteiger charge is 2.76. The highest BCUT2D eigenvalue weighted by atomic mass is 16.7. The van der Waals surface area contributed by atoms with Gasteiger partial charge in [0.05, 0.1) is 6.10 Å². The number of ether oxygens (including phenoxy) is 2. The third-order valence-corrected chi connectivity index (χ3v) is 9.13. The maximum atomic E-state index is 12.7. The van der Waals surface area contributed by atoms with Crippen LogP contribution in [0.5, 0.6) is 0 Å². The minimum Gasteiger partial charge on any atom is -0.479 e. The van der Waals surface area contributed by atoms with E-state index in [-0.39, 0.29) is 29.0 Å². The first-order valence-electron chi connectivity index (χ1n) is 11.4. The van der Waals surface area contributed by atoms with Crippen molar-refractivity contribution in [1.82, 2.24) is 0 Å². The quantitative estimate of drug-likeness (QED) is 0.734. The first-order valence-corrected chi connectivity index (χ1v) is 11.4. The third-order valence-electron chi connectivity index (χ3n) is 9.13. The first-order chi connectivity index (χ1) is 14.2. The van der Waals surface area contributed by atoms with E-state index in [0.717, 1.165) is 24.8 Å². The van der Waals surface area contributed by atoms with Gasteiger partial charge in [0.2, 0.25) is 0 Å². The Morgan fingerprint density at radius 1 is 1.33 bits per heavy atom. The maximum absolute atomic E-state index is 12.7. The van der Waals surface area contributed by atoms with E-state index in [4.69, 9.17) is 9.47 Å². The smallest absolute Gasteiger partial charge is 0.339 e. The van der Waals surface area contributed by atoms with Crippen molar-refractivity contribution >= 4 is 11.8 Å². The number of carboxylic acids is 1. The van der Waals surface area contributed by atoms with Crippen molar-refractivity contribution in [1.29, 1.82) is 0 Å². The molecule has 0 spiro atoms. The second kappa shape index (κ2) is 6.50. The summed E-state index contributed by atoms with van der Waals surface area (Å²) in [5.41, 5.74) is -1.37. The van der Waals surface area contributed by atoms with Crippen LogP contribution in [0.25, 0.3) is 0 Å². The molecule has 5 rings (SSSR count). The Morgan fingerprint density at radius 3 is 2.80 bits per heavy atom. The van der Waals surface area contributed by atoms with E-state index in [1.54, 1.807) is 12.2 Å². The molecule has 9 atom stereocenters. The SMILES string of the molecule is CCC[C@@H]1O[C@@H]2C[C@@H]3[C@@H]4CCC5=CC(=O)C=C[C@]5(C)[C@@H]4[C@@H](O)C[C@]3(C)[C@]2(C(=O)O)O1. The Hall–Kier alpha value is -1.50. The summed E-state index contributed by atoms with van der Waals surface area (Å²) in [5, 5.41) is 21.8. The van der Waals surface area contributed by atoms with Gasteiger partial charge >= 0.3 is 5.97 Å². The monoisotopic (exact) mass is 416 g/mol. The van der Waals surface area contributed by atoms with Crippen LogP contribution in [0.3, 0.4) is 0 Å². The fourth-order valence-electron chi connectivity index (χ4n) is 7.87. The Kier molecular flexibility index (Phi) is 4.42. The number of hydrogen-bond acceptors (Lipinski definition) is 5. The summed E-state index contributed by atoms with van der Waals surface area (Å²) in [6.45, 7) is 6.15. The van der Waals surface area contributed by atoms with Gasteiger partial charge in [-0.2, -0.15) is 0 Å². The number of carbonyl (C=O) groups is 2. The lowest BCUT2D eigenvalue weighted by molar-refractivity contribution is -0.210. The highest BCUT2D eigenvalue weighted by molar-refractivity contribution is 6.01. The Labute approximate surface area is 177 Å². The summed E-state index contributed by atoms with van der Waals surface area (Å²) in [4.78, 5) is 24.6. The van der Waals surface area contributed by atoms with E-state index in [0.29, 0.717) is 19.3 Å². The average molecular weight is 417 g/mol. The molecule has 1 aliphatic heterocycles. The number of aliphatic hydroxyl groups excluding tert-OH is 1. The molecular weight excluding hydrogens is 384 g/mol. The van der Waals surface area contributed by atoms with Crippen molar-refractivity contribution in [3.05, 3.63) is 23.8 Å². The van der Waals surface area contributed by atoms with Gasteiger partial charge in [0, 0.05) is 16.7 Å². The maximum Gasteiger partial charge on any atom is 0.339 e. The molecular formula is C24H32O6. The van der Waals surface area contributed by atoms with Crippen LogP contribution in [0, 0.1) is 28.6 Å². The van der Waals surface area contributed by atoms with Crippen LogP contribution in [0.1, 0.15) is 59.3 Å². The van der Waals surface area contributed by atoms with Gasteiger partial charge in [-0.15, -0.1) is 0 Å². The molecule has 0 radical (unpaired) electrons. The summed E-state index contributed by atoms with van der Waals surface area (Å²) in [7, 11) is 0. The first kappa shape index (κ1) is 20.4. The summed E-state index contributed by atoms with van der Waals surface area (Å²) >= 11 is 0. The number of hydrogen-bond donors (Lipinski definition) is 2. The van der Waals surface area contributed by atoms with Crippen molar-refractivity contribution in [2.45, 2.75) is 83.4 Å². The van der Waals surface area contributed by atoms with Crippen molar-refractivity contribution in [3.8, 4) is 0 Å². The second-order valence-electron chi connectivity index (χ2n) is 10.4. The van der Waals surface area contributed by atoms with Crippen LogP contribution in [0.15, 0.2) is 23.8 Å². The molecule has 30 heavy (non-hydrogen) atoms. The van der Waals surface area contributed by atoms with Gasteiger partial charge in [-0.3, -0.25) is 4.79 Å². The van der Waals surface area contributed by atoms with Crippen molar-refractivity contribution in [2.75, 3.05) is 0 Å². The molecule has 6 nitrogen and oxygen atoms in total. The molecule has 0 bridgehead atoms. The van der Waals surface area contributed by atoms with E-state index >= 15 is 0 Å². The highest BCUT2D eigenvalue weighted by Crippen LogP contribution is 2.69. The standard InChI is InChI=1S/C24H32O6/c1-4-5-19-29-18-11-16-15-7-6-13-10-14(25)8-9-22(13,2)20(15)17(26)12-23(16,3)24(18,30-19)21(27)28/h8-10,15-20,26H,4-7,11-12H2,1-3H3,(H,27,28)/t15-,16+,17-,18+,19+,20-,22-,23-,24-/m0/s1. The summed E-state index contributed by atoms with van der Waals surface area (Å²) < 4.78 is 12.4. The van der Waals surface area contributed by atoms with Gasteiger partial charge in [0.25, 0.3) is 0 Å². The third kappa shape index (κ3) is 2.36. The number of aliphatic hydroxyl groups is 1. The zero-order chi connectivity index (χ0) is 21.5. The molecule has 0 aromatic heterocycles. The number of ketones is 1. The van der Waals surface area contributed by atoms with E-state index < -0.39 is 35.5 Å². The molecule has 2 N–H and O–H groups in total. The molecule has 0 aromatic rings. The minimum atomic E-state index is -1.40. The van der Waals surface area contributed by atoms with E-state index in [1.165, 1.54) is 0 Å².